The predicted octanol–water partition coefficient (Wildman–Crippen LogP) is 0.873. The Bertz CT molecular complexity index is 543. The third-order valence-corrected chi connectivity index (χ3v) is 5.00. The van der Waals surface area contributed by atoms with Gasteiger partial charge in [0.2, 0.25) is 5.91 Å². The average Bonchev–Trinajstić information content (AvgIpc) is 3.17. The van der Waals surface area contributed by atoms with E-state index >= 15 is 0 Å². The van der Waals surface area contributed by atoms with E-state index < -0.39 is 12.1 Å². The number of rotatable bonds is 4. The molecule has 3 aliphatic heterocycles. The Morgan fingerprint density at radius 2 is 1.82 bits per heavy atom. The zero-order valence-corrected chi connectivity index (χ0v) is 17.9. The molecule has 0 aliphatic carbocycles. The first-order valence-corrected chi connectivity index (χ1v) is 9.05. The number of Topliss-reactive ketones (excluding diaryl/α,β-unsaturated/α-hetero) is 1. The van der Waals surface area contributed by atoms with Crippen molar-refractivity contribution < 1.29 is 23.9 Å². The first kappa shape index (κ1) is 27.0. The lowest BCUT2D eigenvalue weighted by Gasteiger charge is -2.32. The van der Waals surface area contributed by atoms with Gasteiger partial charge in [0.15, 0.2) is 5.78 Å². The maximum atomic E-state index is 13.0. The summed E-state index contributed by atoms with van der Waals surface area (Å²) >= 11 is 0. The first-order valence-electron chi connectivity index (χ1n) is 9.05. The molecule has 0 aromatic carbocycles. The lowest BCUT2D eigenvalue weighted by atomic mass is 10.0. The molecule has 164 valence electrons. The summed E-state index contributed by atoms with van der Waals surface area (Å²) in [5.41, 5.74) is 0. The van der Waals surface area contributed by atoms with Crippen molar-refractivity contribution in [3.05, 3.63) is 0 Å². The number of morpholine rings is 1. The van der Waals surface area contributed by atoms with Gasteiger partial charge in [0.1, 0.15) is 18.7 Å². The number of nitrogens with zero attached hydrogens (tertiary/aromatic N) is 2. The smallest absolute Gasteiger partial charge is 0.318 e. The van der Waals surface area contributed by atoms with E-state index in [0.29, 0.717) is 45.7 Å². The number of carbonyl (C=O) groups excluding carboxylic acids is 3. The van der Waals surface area contributed by atoms with E-state index in [0.717, 1.165) is 0 Å². The van der Waals surface area contributed by atoms with Crippen molar-refractivity contribution >= 4 is 44.7 Å². The van der Waals surface area contributed by atoms with Crippen molar-refractivity contribution in [2.24, 2.45) is 5.92 Å². The summed E-state index contributed by atoms with van der Waals surface area (Å²) in [6, 6.07) is -1.35. The van der Waals surface area contributed by atoms with Gasteiger partial charge in [-0.05, 0) is 18.8 Å². The van der Waals surface area contributed by atoms with Crippen molar-refractivity contribution in [3.8, 4) is 0 Å². The standard InChI is InChI=1S/C17H27N3O5.CH4.2H2S/c1-11(2)9-12(18-17(23)19-5-7-24-8-6-19)16(22)20-4-3-14-15(20)13(21)10-25-14;;;/h11-12,14-15H,3-10H2,1-2H3,(H,18,23);1H4;2*1H2/t12-,14+,15+;;;/m0.../s1. The summed E-state index contributed by atoms with van der Waals surface area (Å²) < 4.78 is 10.7. The van der Waals surface area contributed by atoms with Gasteiger partial charge in [-0.25, -0.2) is 4.79 Å². The largest absolute Gasteiger partial charge is 0.378 e. The van der Waals surface area contributed by atoms with E-state index in [9.17, 15) is 14.4 Å². The third kappa shape index (κ3) is 6.01. The van der Waals surface area contributed by atoms with E-state index in [1.165, 1.54) is 0 Å². The van der Waals surface area contributed by atoms with Crippen LogP contribution in [0.15, 0.2) is 0 Å². The number of ketones is 1. The van der Waals surface area contributed by atoms with Gasteiger partial charge in [-0.15, -0.1) is 0 Å². The summed E-state index contributed by atoms with van der Waals surface area (Å²) in [6.07, 6.45) is 1.03. The van der Waals surface area contributed by atoms with Crippen LogP contribution in [0, 0.1) is 5.92 Å². The van der Waals surface area contributed by atoms with Crippen LogP contribution < -0.4 is 5.32 Å². The Morgan fingerprint density at radius 3 is 2.43 bits per heavy atom. The maximum Gasteiger partial charge on any atom is 0.318 e. The number of carbonyl (C=O) groups is 3. The van der Waals surface area contributed by atoms with Crippen molar-refractivity contribution in [2.45, 2.75) is 52.3 Å². The van der Waals surface area contributed by atoms with Crippen molar-refractivity contribution in [2.75, 3.05) is 39.5 Å². The van der Waals surface area contributed by atoms with E-state index in [4.69, 9.17) is 9.47 Å². The number of ether oxygens (including phenoxy) is 2. The van der Waals surface area contributed by atoms with Crippen molar-refractivity contribution in [1.29, 1.82) is 0 Å². The maximum absolute atomic E-state index is 13.0. The Kier molecular flexibility index (Phi) is 11.5. The topological polar surface area (TPSA) is 88.2 Å². The zero-order chi connectivity index (χ0) is 18.0. The summed E-state index contributed by atoms with van der Waals surface area (Å²) in [5, 5.41) is 2.88. The molecule has 0 radical (unpaired) electrons. The number of likely N-dealkylation sites (tertiary alicyclic amines) is 1. The molecule has 8 nitrogen and oxygen atoms in total. The molecule has 0 unspecified atom stereocenters. The Balaban J connectivity index is 0.00000243. The van der Waals surface area contributed by atoms with Gasteiger partial charge in [-0.2, -0.15) is 27.0 Å². The second-order valence-electron chi connectivity index (χ2n) is 7.31. The highest BCUT2D eigenvalue weighted by Crippen LogP contribution is 2.28. The molecule has 0 bridgehead atoms. The number of amides is 3. The summed E-state index contributed by atoms with van der Waals surface area (Å²) in [6.45, 7) is 6.67. The molecule has 3 atom stereocenters. The fourth-order valence-electron chi connectivity index (χ4n) is 3.74. The number of urea groups is 1. The molecular formula is C18H35N3O5S2. The van der Waals surface area contributed by atoms with Crippen LogP contribution >= 0.6 is 27.0 Å². The van der Waals surface area contributed by atoms with E-state index in [2.05, 4.69) is 5.32 Å². The monoisotopic (exact) mass is 437 g/mol. The quantitative estimate of drug-likeness (QED) is 0.705. The third-order valence-electron chi connectivity index (χ3n) is 5.00. The molecule has 3 heterocycles. The molecule has 1 N–H and O–H groups in total. The van der Waals surface area contributed by atoms with Crippen LogP contribution in [0.1, 0.15) is 34.1 Å². The van der Waals surface area contributed by atoms with Gasteiger partial charge in [0, 0.05) is 19.6 Å². The van der Waals surface area contributed by atoms with Gasteiger partial charge in [0.05, 0.1) is 19.3 Å². The van der Waals surface area contributed by atoms with Gasteiger partial charge in [-0.3, -0.25) is 9.59 Å². The molecule has 0 aromatic heterocycles. The van der Waals surface area contributed by atoms with Crippen LogP contribution in [0.5, 0.6) is 0 Å². The van der Waals surface area contributed by atoms with E-state index in [1.54, 1.807) is 9.80 Å². The minimum absolute atomic E-state index is 0. The van der Waals surface area contributed by atoms with Crippen LogP contribution in [0.25, 0.3) is 0 Å². The molecule has 28 heavy (non-hydrogen) atoms. The lowest BCUT2D eigenvalue weighted by molar-refractivity contribution is -0.138. The predicted molar refractivity (Wildman–Crippen MR) is 117 cm³/mol. The van der Waals surface area contributed by atoms with Crippen LogP contribution in [-0.4, -0.2) is 85.2 Å². The van der Waals surface area contributed by atoms with E-state index in [-0.39, 0.29) is 70.8 Å². The molecule has 10 heteroatoms. The number of fused-ring (bicyclic) bond motifs is 1. The Hall–Kier alpha value is -0.970. The minimum atomic E-state index is -0.623. The molecule has 3 aliphatic rings. The van der Waals surface area contributed by atoms with Crippen LogP contribution in [0.2, 0.25) is 0 Å². The second kappa shape index (κ2) is 11.9. The molecule has 3 rings (SSSR count). The molecule has 0 spiro atoms. The Labute approximate surface area is 181 Å². The van der Waals surface area contributed by atoms with Crippen LogP contribution in [0.3, 0.4) is 0 Å². The minimum Gasteiger partial charge on any atom is -0.378 e. The molecule has 3 fully saturated rings. The van der Waals surface area contributed by atoms with E-state index in [1.807, 2.05) is 13.8 Å². The number of hydrogen-bond donors (Lipinski definition) is 1. The highest BCUT2D eigenvalue weighted by Gasteiger charge is 2.48. The van der Waals surface area contributed by atoms with Crippen molar-refractivity contribution in [1.82, 2.24) is 15.1 Å². The van der Waals surface area contributed by atoms with Gasteiger partial charge >= 0.3 is 6.03 Å². The van der Waals surface area contributed by atoms with Gasteiger partial charge in [-0.1, -0.05) is 21.3 Å². The van der Waals surface area contributed by atoms with Crippen LogP contribution in [-0.2, 0) is 19.1 Å². The second-order valence-corrected chi connectivity index (χ2v) is 7.31. The summed E-state index contributed by atoms with van der Waals surface area (Å²) in [7, 11) is 0. The fraction of sp³-hybridized carbons (Fsp3) is 0.833. The number of hydrogen-bond acceptors (Lipinski definition) is 5. The number of nitrogens with one attached hydrogen (secondary N) is 1. The molecule has 0 saturated carbocycles. The molecule has 3 saturated heterocycles. The summed E-state index contributed by atoms with van der Waals surface area (Å²) in [4.78, 5) is 40.9. The molecule has 0 aromatic rings. The lowest BCUT2D eigenvalue weighted by Crippen LogP contribution is -2.56. The fourth-order valence-corrected chi connectivity index (χ4v) is 3.74. The average molecular weight is 438 g/mol. The SMILES string of the molecule is C.CC(C)C[C@H](NC(=O)N1CCOCC1)C(=O)N1CC[C@H]2OCC(=O)[C@H]21.S.S. The molecule has 3 amide bonds. The normalized spacial score (nSPS) is 24.6. The highest BCUT2D eigenvalue weighted by molar-refractivity contribution is 7.59. The highest BCUT2D eigenvalue weighted by atomic mass is 32.1. The van der Waals surface area contributed by atoms with Crippen LogP contribution in [0.4, 0.5) is 4.79 Å². The van der Waals surface area contributed by atoms with Gasteiger partial charge < -0.3 is 24.6 Å². The van der Waals surface area contributed by atoms with Crippen molar-refractivity contribution in [3.63, 3.8) is 0 Å². The molecular weight excluding hydrogens is 402 g/mol. The zero-order valence-electron chi connectivity index (χ0n) is 15.9. The van der Waals surface area contributed by atoms with Gasteiger partial charge in [0.25, 0.3) is 0 Å². The Morgan fingerprint density at radius 1 is 1.18 bits per heavy atom. The first-order chi connectivity index (χ1) is 12.0. The summed E-state index contributed by atoms with van der Waals surface area (Å²) in [5.74, 6) is 0.0215.